The highest BCUT2D eigenvalue weighted by atomic mass is 32.2. The van der Waals surface area contributed by atoms with Crippen molar-refractivity contribution in [3.8, 4) is 0 Å². The van der Waals surface area contributed by atoms with Gasteiger partial charge in [0, 0.05) is 36.7 Å². The Kier molecular flexibility index (Phi) is 6.15. The minimum Gasteiger partial charge on any atom is -0.368 e. The highest BCUT2D eigenvalue weighted by molar-refractivity contribution is 7.99. The Morgan fingerprint density at radius 3 is 2.60 bits per heavy atom. The van der Waals surface area contributed by atoms with E-state index in [0.29, 0.717) is 17.0 Å². The molecule has 0 saturated carbocycles. The van der Waals surface area contributed by atoms with E-state index in [1.165, 1.54) is 17.4 Å². The smallest absolute Gasteiger partial charge is 0.259 e. The first-order valence-corrected chi connectivity index (χ1v) is 12.0. The molecule has 30 heavy (non-hydrogen) atoms. The van der Waals surface area contributed by atoms with Gasteiger partial charge in [-0.1, -0.05) is 18.2 Å². The monoisotopic (exact) mass is 442 g/mol. The number of piperazine rings is 1. The van der Waals surface area contributed by atoms with Gasteiger partial charge in [-0.3, -0.25) is 9.59 Å². The van der Waals surface area contributed by atoms with Crippen molar-refractivity contribution in [2.75, 3.05) is 31.1 Å². The molecule has 1 atom stereocenters. The molecule has 3 aromatic rings. The van der Waals surface area contributed by atoms with Gasteiger partial charge in [0.05, 0.1) is 16.4 Å². The molecule has 0 aliphatic carbocycles. The average molecular weight is 443 g/mol. The Hall–Kier alpha value is -2.32. The van der Waals surface area contributed by atoms with Gasteiger partial charge in [-0.25, -0.2) is 4.98 Å². The summed E-state index contributed by atoms with van der Waals surface area (Å²) < 4.78 is 0. The number of hydrogen-bond acceptors (Lipinski definition) is 6. The van der Waals surface area contributed by atoms with Crippen molar-refractivity contribution in [3.63, 3.8) is 0 Å². The van der Waals surface area contributed by atoms with Crippen LogP contribution in [0.4, 0.5) is 5.69 Å². The van der Waals surface area contributed by atoms with Crippen LogP contribution >= 0.6 is 23.1 Å². The highest BCUT2D eigenvalue weighted by Crippen LogP contribution is 2.27. The number of carbonyl (C=O) groups is 1. The van der Waals surface area contributed by atoms with E-state index in [4.69, 9.17) is 0 Å². The third kappa shape index (κ3) is 4.25. The van der Waals surface area contributed by atoms with Gasteiger partial charge in [-0.15, -0.1) is 23.1 Å². The maximum absolute atomic E-state index is 12.9. The summed E-state index contributed by atoms with van der Waals surface area (Å²) in [4.78, 5) is 39.0. The molecule has 1 amide bonds. The molecular weight excluding hydrogens is 416 g/mol. The summed E-state index contributed by atoms with van der Waals surface area (Å²) in [6.45, 7) is 9.05. The van der Waals surface area contributed by atoms with Crippen LogP contribution in [-0.2, 0) is 10.5 Å². The minimum atomic E-state index is -0.180. The zero-order valence-corrected chi connectivity index (χ0v) is 19.1. The van der Waals surface area contributed by atoms with Crippen LogP contribution in [0.5, 0.6) is 0 Å². The number of rotatable bonds is 5. The van der Waals surface area contributed by atoms with Crippen molar-refractivity contribution in [2.45, 2.75) is 31.8 Å². The van der Waals surface area contributed by atoms with Crippen molar-refractivity contribution < 1.29 is 4.79 Å². The molecule has 1 aliphatic heterocycles. The van der Waals surface area contributed by atoms with E-state index in [-0.39, 0.29) is 16.7 Å². The Morgan fingerprint density at radius 1 is 1.20 bits per heavy atom. The number of fused-ring (bicyclic) bond motifs is 1. The summed E-state index contributed by atoms with van der Waals surface area (Å²) in [6.07, 6.45) is 0. The summed E-state index contributed by atoms with van der Waals surface area (Å²) in [5.74, 6) is 1.30. The van der Waals surface area contributed by atoms with Crippen molar-refractivity contribution in [1.82, 2.24) is 14.9 Å². The van der Waals surface area contributed by atoms with Crippen LogP contribution in [0, 0.1) is 13.8 Å². The standard InChI is InChI=1S/C22H26N4O2S2/c1-14-15(2)30-21-19(14)20(27)23-18(24-21)13-29-16(3)22(28)26-11-9-25(10-12-26)17-7-5-4-6-8-17/h4-8,16H,9-13H2,1-3H3,(H,23,24,27). The fourth-order valence-electron chi connectivity index (χ4n) is 3.72. The molecule has 1 unspecified atom stereocenters. The predicted molar refractivity (Wildman–Crippen MR) is 126 cm³/mol. The van der Waals surface area contributed by atoms with Gasteiger partial charge in [-0.2, -0.15) is 0 Å². The Balaban J connectivity index is 1.34. The maximum atomic E-state index is 12.9. The first kappa shape index (κ1) is 20.9. The highest BCUT2D eigenvalue weighted by Gasteiger charge is 2.25. The molecular formula is C22H26N4O2S2. The lowest BCUT2D eigenvalue weighted by atomic mass is 10.2. The SMILES string of the molecule is Cc1sc2nc(CSC(C)C(=O)N3CCN(c4ccccc4)CC3)[nH]c(=O)c2c1C. The van der Waals surface area contributed by atoms with E-state index >= 15 is 0 Å². The number of H-pyrrole nitrogens is 1. The molecule has 1 aliphatic rings. The summed E-state index contributed by atoms with van der Waals surface area (Å²) >= 11 is 3.07. The van der Waals surface area contributed by atoms with Crippen molar-refractivity contribution in [2.24, 2.45) is 0 Å². The van der Waals surface area contributed by atoms with Gasteiger partial charge in [0.2, 0.25) is 5.91 Å². The number of amides is 1. The third-order valence-corrected chi connectivity index (χ3v) is 7.86. The fraction of sp³-hybridized carbons (Fsp3) is 0.409. The number of aromatic amines is 1. The van der Waals surface area contributed by atoms with Crippen molar-refractivity contribution >= 4 is 44.9 Å². The van der Waals surface area contributed by atoms with Crippen molar-refractivity contribution in [3.05, 3.63) is 57.0 Å². The van der Waals surface area contributed by atoms with Crippen LogP contribution in [0.15, 0.2) is 35.1 Å². The van der Waals surface area contributed by atoms with E-state index < -0.39 is 0 Å². The molecule has 8 heteroatoms. The second-order valence-electron chi connectivity index (χ2n) is 7.58. The summed E-state index contributed by atoms with van der Waals surface area (Å²) in [7, 11) is 0. The quantitative estimate of drug-likeness (QED) is 0.654. The van der Waals surface area contributed by atoms with E-state index in [2.05, 4.69) is 27.0 Å². The number of benzene rings is 1. The van der Waals surface area contributed by atoms with Gasteiger partial charge in [0.1, 0.15) is 10.7 Å². The lowest BCUT2D eigenvalue weighted by molar-refractivity contribution is -0.130. The van der Waals surface area contributed by atoms with Gasteiger partial charge in [0.25, 0.3) is 5.56 Å². The van der Waals surface area contributed by atoms with E-state index in [1.54, 1.807) is 11.3 Å². The largest absolute Gasteiger partial charge is 0.368 e. The summed E-state index contributed by atoms with van der Waals surface area (Å²) in [5.41, 5.74) is 2.12. The average Bonchev–Trinajstić information content (AvgIpc) is 3.06. The molecule has 4 rings (SSSR count). The summed E-state index contributed by atoms with van der Waals surface area (Å²) in [6, 6.07) is 10.3. The molecule has 1 aromatic carbocycles. The molecule has 0 bridgehead atoms. The van der Waals surface area contributed by atoms with E-state index in [1.807, 2.05) is 43.9 Å². The second kappa shape index (κ2) is 8.81. The Labute approximate surface area is 184 Å². The Bertz CT molecular complexity index is 1100. The van der Waals surface area contributed by atoms with Gasteiger partial charge < -0.3 is 14.8 Å². The number of nitrogens with zero attached hydrogens (tertiary/aromatic N) is 3. The molecule has 6 nitrogen and oxygen atoms in total. The third-order valence-electron chi connectivity index (χ3n) is 5.62. The number of nitrogens with one attached hydrogen (secondary N) is 1. The number of aromatic nitrogens is 2. The minimum absolute atomic E-state index is 0.0894. The maximum Gasteiger partial charge on any atom is 0.259 e. The van der Waals surface area contributed by atoms with Crippen LogP contribution in [0.1, 0.15) is 23.2 Å². The molecule has 158 valence electrons. The predicted octanol–water partition coefficient (Wildman–Crippen LogP) is 3.57. The van der Waals surface area contributed by atoms with Gasteiger partial charge in [-0.05, 0) is 38.5 Å². The van der Waals surface area contributed by atoms with Crippen LogP contribution in [0.25, 0.3) is 10.2 Å². The molecule has 3 heterocycles. The number of thiophene rings is 1. The number of para-hydroxylation sites is 1. The molecule has 1 saturated heterocycles. The lowest BCUT2D eigenvalue weighted by Gasteiger charge is -2.37. The van der Waals surface area contributed by atoms with E-state index in [9.17, 15) is 9.59 Å². The topological polar surface area (TPSA) is 69.3 Å². The Morgan fingerprint density at radius 2 is 1.90 bits per heavy atom. The number of thioether (sulfide) groups is 1. The number of hydrogen-bond donors (Lipinski definition) is 1. The molecule has 0 radical (unpaired) electrons. The van der Waals surface area contributed by atoms with Crippen LogP contribution in [0.3, 0.4) is 0 Å². The first-order valence-electron chi connectivity index (χ1n) is 10.1. The van der Waals surface area contributed by atoms with Crippen LogP contribution in [-0.4, -0.2) is 52.2 Å². The van der Waals surface area contributed by atoms with Gasteiger partial charge in [0.15, 0.2) is 0 Å². The van der Waals surface area contributed by atoms with Crippen LogP contribution < -0.4 is 10.5 Å². The zero-order chi connectivity index (χ0) is 21.3. The number of carbonyl (C=O) groups excluding carboxylic acids is 1. The van der Waals surface area contributed by atoms with Crippen molar-refractivity contribution in [1.29, 1.82) is 0 Å². The fourth-order valence-corrected chi connectivity index (χ4v) is 5.61. The molecule has 1 fully saturated rings. The molecule has 2 aromatic heterocycles. The van der Waals surface area contributed by atoms with Crippen LogP contribution in [0.2, 0.25) is 0 Å². The number of aryl methyl sites for hydroxylation is 2. The summed E-state index contributed by atoms with van der Waals surface area (Å²) in [5, 5.41) is 0.507. The van der Waals surface area contributed by atoms with Gasteiger partial charge >= 0.3 is 0 Å². The zero-order valence-electron chi connectivity index (χ0n) is 17.5. The second-order valence-corrected chi connectivity index (χ2v) is 10.1. The van der Waals surface area contributed by atoms with E-state index in [0.717, 1.165) is 41.5 Å². The normalized spacial score (nSPS) is 15.6. The molecule has 0 spiro atoms. The molecule has 1 N–H and O–H groups in total. The number of anilines is 1. The lowest BCUT2D eigenvalue weighted by Crippen LogP contribution is -2.50. The first-order chi connectivity index (χ1) is 14.4.